The average molecular weight is 385 g/mol. The zero-order valence-electron chi connectivity index (χ0n) is 14.7. The summed E-state index contributed by atoms with van der Waals surface area (Å²) in [6.07, 6.45) is 0. The fourth-order valence-corrected chi connectivity index (χ4v) is 3.00. The normalized spacial score (nSPS) is 9.56. The molecule has 0 heterocycles. The summed E-state index contributed by atoms with van der Waals surface area (Å²) in [7, 11) is 0. The number of benzene rings is 3. The summed E-state index contributed by atoms with van der Waals surface area (Å²) in [5.74, 6) is 12.6. The van der Waals surface area contributed by atoms with Gasteiger partial charge in [0.25, 0.3) is 0 Å². The van der Waals surface area contributed by atoms with Crippen molar-refractivity contribution >= 4 is 29.5 Å². The van der Waals surface area contributed by atoms with Crippen LogP contribution in [0.25, 0.3) is 0 Å². The summed E-state index contributed by atoms with van der Waals surface area (Å²) >= 11 is 5.49. The molecule has 0 saturated carbocycles. The Balaban J connectivity index is 1.67. The third kappa shape index (κ3) is 6.12. The molecule has 3 rings (SSSR count). The maximum atomic E-state index is 11.1. The molecule has 0 aliphatic carbocycles. The summed E-state index contributed by atoms with van der Waals surface area (Å²) in [5.41, 5.74) is 3.76. The molecule has 0 atom stereocenters. The highest BCUT2D eigenvalue weighted by molar-refractivity contribution is 8.13. The van der Waals surface area contributed by atoms with Crippen molar-refractivity contribution in [1.29, 1.82) is 0 Å². The second-order valence-electron chi connectivity index (χ2n) is 5.74. The van der Waals surface area contributed by atoms with Crippen molar-refractivity contribution in [2.45, 2.75) is 16.7 Å². The molecular weight excluding hydrogens is 368 g/mol. The van der Waals surface area contributed by atoms with Crippen LogP contribution in [-0.4, -0.2) is 5.12 Å². The highest BCUT2D eigenvalue weighted by Crippen LogP contribution is 2.18. The number of hydrogen-bond acceptors (Lipinski definition) is 3. The lowest BCUT2D eigenvalue weighted by Gasteiger charge is -1.97. The van der Waals surface area contributed by atoms with E-state index in [0.717, 1.165) is 32.0 Å². The van der Waals surface area contributed by atoms with Crippen LogP contribution in [0.2, 0.25) is 0 Å². The Kier molecular flexibility index (Phi) is 6.44. The predicted octanol–water partition coefficient (Wildman–Crippen LogP) is 5.41. The molecule has 3 heteroatoms. The number of hydrogen-bond donors (Lipinski definition) is 1. The van der Waals surface area contributed by atoms with Gasteiger partial charge in [-0.05, 0) is 72.8 Å². The molecule has 0 bridgehead atoms. The van der Waals surface area contributed by atoms with E-state index < -0.39 is 0 Å². The largest absolute Gasteiger partial charge is 0.287 e. The zero-order valence-corrected chi connectivity index (χ0v) is 16.4. The van der Waals surface area contributed by atoms with Gasteiger partial charge in [0.05, 0.1) is 0 Å². The van der Waals surface area contributed by atoms with Crippen molar-refractivity contribution in [2.75, 3.05) is 0 Å². The minimum absolute atomic E-state index is 0.0794. The lowest BCUT2D eigenvalue weighted by Crippen LogP contribution is -1.82. The first kappa shape index (κ1) is 18.9. The van der Waals surface area contributed by atoms with E-state index in [1.165, 1.54) is 11.8 Å². The maximum absolute atomic E-state index is 11.1. The van der Waals surface area contributed by atoms with Crippen LogP contribution in [0.4, 0.5) is 0 Å². The van der Waals surface area contributed by atoms with Gasteiger partial charge in [0.15, 0.2) is 5.12 Å². The summed E-state index contributed by atoms with van der Waals surface area (Å²) in [6, 6.07) is 23.3. The van der Waals surface area contributed by atoms with Crippen LogP contribution in [0.3, 0.4) is 0 Å². The van der Waals surface area contributed by atoms with Crippen molar-refractivity contribution in [3.63, 3.8) is 0 Å². The van der Waals surface area contributed by atoms with Gasteiger partial charge in [0.1, 0.15) is 0 Å². The van der Waals surface area contributed by atoms with E-state index in [9.17, 15) is 4.79 Å². The quantitative estimate of drug-likeness (QED) is 0.343. The molecule has 0 aromatic heterocycles. The predicted molar refractivity (Wildman–Crippen MR) is 115 cm³/mol. The van der Waals surface area contributed by atoms with Crippen LogP contribution in [-0.2, 0) is 4.79 Å². The van der Waals surface area contributed by atoms with Crippen LogP contribution in [0.15, 0.2) is 82.6 Å². The smallest absolute Gasteiger partial charge is 0.190 e. The van der Waals surface area contributed by atoms with Crippen molar-refractivity contribution < 1.29 is 4.79 Å². The number of rotatable bonds is 1. The molecule has 0 aliphatic heterocycles. The molecule has 27 heavy (non-hydrogen) atoms. The third-order valence-corrected chi connectivity index (χ3v) is 4.66. The molecule has 130 valence electrons. The summed E-state index contributed by atoms with van der Waals surface area (Å²) in [6.45, 7) is 1.56. The van der Waals surface area contributed by atoms with Crippen molar-refractivity contribution in [2.24, 2.45) is 0 Å². The van der Waals surface area contributed by atoms with Crippen molar-refractivity contribution in [1.82, 2.24) is 0 Å². The molecule has 0 spiro atoms. The molecular formula is C24H16OS2. The minimum atomic E-state index is 0.0794. The Morgan fingerprint density at radius 2 is 1.00 bits per heavy atom. The van der Waals surface area contributed by atoms with Gasteiger partial charge in [-0.3, -0.25) is 4.79 Å². The van der Waals surface area contributed by atoms with E-state index in [1.54, 1.807) is 6.92 Å². The highest BCUT2D eigenvalue weighted by Gasteiger charge is 1.97. The SMILES string of the molecule is CC(=O)Sc1ccc(C#Cc2ccc(C#Cc3ccc(S)cc3)cc2)cc1. The van der Waals surface area contributed by atoms with Crippen LogP contribution < -0.4 is 0 Å². The molecule has 1 nitrogen and oxygen atoms in total. The fraction of sp³-hybridized carbons (Fsp3) is 0.0417. The van der Waals surface area contributed by atoms with E-state index in [1.807, 2.05) is 72.8 Å². The summed E-state index contributed by atoms with van der Waals surface area (Å²) in [4.78, 5) is 13.0. The van der Waals surface area contributed by atoms with Gasteiger partial charge in [0, 0.05) is 39.0 Å². The van der Waals surface area contributed by atoms with Crippen molar-refractivity contribution in [3.8, 4) is 23.7 Å². The first-order chi connectivity index (χ1) is 13.1. The highest BCUT2D eigenvalue weighted by atomic mass is 32.2. The Morgan fingerprint density at radius 3 is 1.37 bits per heavy atom. The van der Waals surface area contributed by atoms with E-state index in [-0.39, 0.29) is 5.12 Å². The van der Waals surface area contributed by atoms with E-state index >= 15 is 0 Å². The van der Waals surface area contributed by atoms with Gasteiger partial charge in [-0.15, -0.1) is 12.6 Å². The monoisotopic (exact) mass is 384 g/mol. The van der Waals surface area contributed by atoms with Gasteiger partial charge in [-0.2, -0.15) is 0 Å². The lowest BCUT2D eigenvalue weighted by atomic mass is 10.1. The maximum Gasteiger partial charge on any atom is 0.190 e. The van der Waals surface area contributed by atoms with Crippen LogP contribution in [0.1, 0.15) is 29.2 Å². The molecule has 0 saturated heterocycles. The number of carbonyl (C=O) groups is 1. The van der Waals surface area contributed by atoms with E-state index in [2.05, 4.69) is 36.3 Å². The molecule has 3 aromatic carbocycles. The first-order valence-corrected chi connectivity index (χ1v) is 9.56. The van der Waals surface area contributed by atoms with Crippen LogP contribution in [0, 0.1) is 23.7 Å². The van der Waals surface area contributed by atoms with Gasteiger partial charge < -0.3 is 0 Å². The lowest BCUT2D eigenvalue weighted by molar-refractivity contribution is -0.109. The van der Waals surface area contributed by atoms with Gasteiger partial charge in [-0.1, -0.05) is 35.4 Å². The summed E-state index contributed by atoms with van der Waals surface area (Å²) < 4.78 is 0. The minimum Gasteiger partial charge on any atom is -0.287 e. The molecule has 0 aliphatic rings. The second-order valence-corrected chi connectivity index (χ2v) is 7.51. The average Bonchev–Trinajstić information content (AvgIpc) is 2.67. The zero-order chi connectivity index (χ0) is 19.1. The third-order valence-electron chi connectivity index (χ3n) is 3.57. The Bertz CT molecular complexity index is 1060. The fourth-order valence-electron chi connectivity index (χ4n) is 2.24. The van der Waals surface area contributed by atoms with Crippen molar-refractivity contribution in [3.05, 3.63) is 95.1 Å². The number of carbonyl (C=O) groups excluding carboxylic acids is 1. The molecule has 0 radical (unpaired) electrons. The Labute approximate surface area is 169 Å². The van der Waals surface area contributed by atoms with Crippen LogP contribution in [0.5, 0.6) is 0 Å². The first-order valence-electron chi connectivity index (χ1n) is 8.30. The topological polar surface area (TPSA) is 17.1 Å². The number of thioether (sulfide) groups is 1. The van der Waals surface area contributed by atoms with E-state index in [4.69, 9.17) is 0 Å². The molecule has 3 aromatic rings. The van der Waals surface area contributed by atoms with Gasteiger partial charge >= 0.3 is 0 Å². The Morgan fingerprint density at radius 1 is 0.667 bits per heavy atom. The molecule has 0 fully saturated rings. The van der Waals surface area contributed by atoms with E-state index in [0.29, 0.717) is 0 Å². The Hall–Kier alpha value is -2.85. The molecule has 0 N–H and O–H groups in total. The van der Waals surface area contributed by atoms with Gasteiger partial charge in [-0.25, -0.2) is 0 Å². The van der Waals surface area contributed by atoms with Crippen LogP contribution >= 0.6 is 24.4 Å². The second kappa shape index (κ2) is 9.19. The summed E-state index contributed by atoms with van der Waals surface area (Å²) in [5, 5.41) is 0.0794. The molecule has 0 unspecified atom stereocenters. The molecule has 0 amide bonds. The standard InChI is InChI=1S/C24H16OS2/c1-18(25)27-24-16-12-22(13-17-24)9-7-20-4-2-19(3-5-20)6-8-21-10-14-23(26)15-11-21/h2-5,10-17,26H,1H3. The number of thiol groups is 1. The van der Waals surface area contributed by atoms with Gasteiger partial charge in [0.2, 0.25) is 0 Å².